The van der Waals surface area contributed by atoms with Crippen LogP contribution >= 0.6 is 12.6 Å². The number of benzene rings is 1. The minimum absolute atomic E-state index is 0.987. The Kier molecular flexibility index (Phi) is 4.37. The first-order valence-electron chi connectivity index (χ1n) is 4.76. The van der Waals surface area contributed by atoms with Crippen molar-refractivity contribution in [3.8, 4) is 0 Å². The van der Waals surface area contributed by atoms with Crippen molar-refractivity contribution >= 4 is 24.4 Å². The Balaban J connectivity index is 3.13. The van der Waals surface area contributed by atoms with Crippen molar-refractivity contribution in [2.45, 2.75) is 18.7 Å². The van der Waals surface area contributed by atoms with Gasteiger partial charge in [0.05, 0.1) is 0 Å². The van der Waals surface area contributed by atoms with Crippen LogP contribution in [0, 0.1) is 0 Å². The van der Waals surface area contributed by atoms with Gasteiger partial charge in [-0.3, -0.25) is 4.99 Å². The molecule has 1 nitrogen and oxygen atoms in total. The monoisotopic (exact) mass is 217 g/mol. The molecule has 0 saturated carbocycles. The van der Waals surface area contributed by atoms with Crippen LogP contribution in [0.5, 0.6) is 0 Å². The second kappa shape index (κ2) is 5.56. The lowest BCUT2D eigenvalue weighted by atomic mass is 10.0. The van der Waals surface area contributed by atoms with E-state index in [2.05, 4.69) is 37.2 Å². The molecule has 0 N–H and O–H groups in total. The lowest BCUT2D eigenvalue weighted by Crippen LogP contribution is -1.88. The second-order valence-corrected chi connectivity index (χ2v) is 3.77. The fourth-order valence-electron chi connectivity index (χ4n) is 1.26. The van der Waals surface area contributed by atoms with E-state index >= 15 is 0 Å². The van der Waals surface area contributed by atoms with Crippen molar-refractivity contribution < 1.29 is 0 Å². The molecule has 1 rings (SSSR count). The summed E-state index contributed by atoms with van der Waals surface area (Å²) in [4.78, 5) is 4.99. The van der Waals surface area contributed by atoms with Crippen molar-refractivity contribution in [3.05, 3.63) is 48.2 Å². The molecule has 0 radical (unpaired) electrons. The van der Waals surface area contributed by atoms with Crippen LogP contribution in [0.3, 0.4) is 0 Å². The van der Waals surface area contributed by atoms with E-state index in [0.29, 0.717) is 0 Å². The normalized spacial score (nSPS) is 12.7. The number of hydrogen-bond acceptors (Lipinski definition) is 2. The number of rotatable bonds is 3. The molecule has 0 fully saturated rings. The minimum Gasteiger partial charge on any atom is -0.265 e. The molecular formula is C13H15NS. The smallest absolute Gasteiger partial charge is 0.0299 e. The van der Waals surface area contributed by atoms with Gasteiger partial charge in [-0.05, 0) is 36.6 Å². The van der Waals surface area contributed by atoms with Gasteiger partial charge >= 0.3 is 0 Å². The number of nitrogens with zero attached hydrogens (tertiary/aromatic N) is 1. The number of thiol groups is 1. The molecule has 2 heteroatoms. The molecule has 0 bridgehead atoms. The Morgan fingerprint density at radius 2 is 2.00 bits per heavy atom. The van der Waals surface area contributed by atoms with Gasteiger partial charge < -0.3 is 0 Å². The van der Waals surface area contributed by atoms with Gasteiger partial charge in [0.2, 0.25) is 0 Å². The van der Waals surface area contributed by atoms with Crippen molar-refractivity contribution in [1.82, 2.24) is 0 Å². The average Bonchev–Trinajstić information content (AvgIpc) is 2.25. The van der Waals surface area contributed by atoms with Crippen LogP contribution in [0.1, 0.15) is 19.4 Å². The van der Waals surface area contributed by atoms with Crippen molar-refractivity contribution in [2.75, 3.05) is 0 Å². The largest absolute Gasteiger partial charge is 0.265 e. The molecule has 0 saturated heterocycles. The molecular weight excluding hydrogens is 202 g/mol. The van der Waals surface area contributed by atoms with Gasteiger partial charge in [0, 0.05) is 17.3 Å². The van der Waals surface area contributed by atoms with Gasteiger partial charge in [-0.25, -0.2) is 0 Å². The quantitative estimate of drug-likeness (QED) is 0.581. The molecule has 15 heavy (non-hydrogen) atoms. The summed E-state index contributed by atoms with van der Waals surface area (Å²) in [6.07, 6.45) is 3.34. The standard InChI is InChI=1S/C13H15NS/c1-4-14-9-10(2)11(3)12-7-5-6-8-13(12)15/h4-9,15H,1H2,2-3H3/b11-10+,14-9-. The Labute approximate surface area is 96.7 Å². The van der Waals surface area contributed by atoms with Gasteiger partial charge in [0.1, 0.15) is 0 Å². The summed E-state index contributed by atoms with van der Waals surface area (Å²) in [6.45, 7) is 7.65. The van der Waals surface area contributed by atoms with Crippen molar-refractivity contribution in [3.63, 3.8) is 0 Å². The van der Waals surface area contributed by atoms with E-state index in [9.17, 15) is 0 Å². The molecule has 1 aromatic rings. The number of allylic oxidation sites excluding steroid dienone is 2. The maximum Gasteiger partial charge on any atom is 0.0299 e. The first-order valence-corrected chi connectivity index (χ1v) is 5.21. The van der Waals surface area contributed by atoms with Gasteiger partial charge in [0.15, 0.2) is 0 Å². The summed E-state index contributed by atoms with van der Waals surface area (Å²) < 4.78 is 0. The summed E-state index contributed by atoms with van der Waals surface area (Å²) in [5, 5.41) is 0. The van der Waals surface area contributed by atoms with Crippen LogP contribution in [-0.4, -0.2) is 6.21 Å². The van der Waals surface area contributed by atoms with Gasteiger partial charge in [0.25, 0.3) is 0 Å². The van der Waals surface area contributed by atoms with E-state index in [4.69, 9.17) is 0 Å². The lowest BCUT2D eigenvalue weighted by molar-refractivity contribution is 1.37. The fourth-order valence-corrected chi connectivity index (χ4v) is 1.59. The summed E-state index contributed by atoms with van der Waals surface area (Å²) in [6, 6.07) is 8.03. The molecule has 0 aliphatic rings. The highest BCUT2D eigenvalue weighted by Gasteiger charge is 2.01. The highest BCUT2D eigenvalue weighted by molar-refractivity contribution is 7.80. The Hall–Kier alpha value is -1.28. The van der Waals surface area contributed by atoms with Crippen molar-refractivity contribution in [1.29, 1.82) is 0 Å². The molecule has 0 unspecified atom stereocenters. The number of hydrogen-bond donors (Lipinski definition) is 1. The van der Waals surface area contributed by atoms with E-state index < -0.39 is 0 Å². The van der Waals surface area contributed by atoms with E-state index in [0.717, 1.165) is 16.0 Å². The van der Waals surface area contributed by atoms with E-state index in [1.807, 2.05) is 31.3 Å². The zero-order valence-corrected chi connectivity index (χ0v) is 9.96. The zero-order chi connectivity index (χ0) is 11.3. The predicted molar refractivity (Wildman–Crippen MR) is 70.7 cm³/mol. The molecule has 0 aromatic heterocycles. The molecule has 0 aliphatic heterocycles. The summed E-state index contributed by atoms with van der Waals surface area (Å²) in [5.74, 6) is 0. The fraction of sp³-hybridized carbons (Fsp3) is 0.154. The molecule has 0 heterocycles. The van der Waals surface area contributed by atoms with E-state index in [-0.39, 0.29) is 0 Å². The minimum atomic E-state index is 0.987. The van der Waals surface area contributed by atoms with Crippen LogP contribution in [-0.2, 0) is 0 Å². The van der Waals surface area contributed by atoms with Gasteiger partial charge in [-0.15, -0.1) is 12.6 Å². The third kappa shape index (κ3) is 3.10. The van der Waals surface area contributed by atoms with Crippen LogP contribution in [0.25, 0.3) is 5.57 Å². The van der Waals surface area contributed by atoms with Crippen molar-refractivity contribution in [2.24, 2.45) is 4.99 Å². The predicted octanol–water partition coefficient (Wildman–Crippen LogP) is 3.98. The molecule has 0 aliphatic carbocycles. The first-order chi connectivity index (χ1) is 7.16. The average molecular weight is 217 g/mol. The molecule has 0 atom stereocenters. The van der Waals surface area contributed by atoms with Gasteiger partial charge in [-0.2, -0.15) is 0 Å². The molecule has 78 valence electrons. The van der Waals surface area contributed by atoms with E-state index in [1.165, 1.54) is 11.8 Å². The highest BCUT2D eigenvalue weighted by Crippen LogP contribution is 2.23. The zero-order valence-electron chi connectivity index (χ0n) is 9.07. The first kappa shape index (κ1) is 11.8. The second-order valence-electron chi connectivity index (χ2n) is 3.29. The maximum atomic E-state index is 4.42. The van der Waals surface area contributed by atoms with Gasteiger partial charge in [-0.1, -0.05) is 24.8 Å². The van der Waals surface area contributed by atoms with Crippen LogP contribution in [0.15, 0.2) is 52.5 Å². The summed E-state index contributed by atoms with van der Waals surface area (Å²) >= 11 is 4.42. The Morgan fingerprint density at radius 1 is 1.33 bits per heavy atom. The Bertz CT molecular complexity index is 416. The van der Waals surface area contributed by atoms with Crippen LogP contribution in [0.2, 0.25) is 0 Å². The molecule has 0 amide bonds. The lowest BCUT2D eigenvalue weighted by Gasteiger charge is -2.06. The molecule has 0 spiro atoms. The SMILES string of the molecule is C=C/N=C\C(C)=C(/C)c1ccccc1S. The molecule has 1 aromatic carbocycles. The highest BCUT2D eigenvalue weighted by atomic mass is 32.1. The topological polar surface area (TPSA) is 12.4 Å². The van der Waals surface area contributed by atoms with Crippen LogP contribution < -0.4 is 0 Å². The maximum absolute atomic E-state index is 4.42. The summed E-state index contributed by atoms with van der Waals surface area (Å²) in [7, 11) is 0. The third-order valence-electron chi connectivity index (χ3n) is 2.27. The summed E-state index contributed by atoms with van der Waals surface area (Å²) in [5.41, 5.74) is 3.46. The third-order valence-corrected chi connectivity index (χ3v) is 2.66. The van der Waals surface area contributed by atoms with E-state index in [1.54, 1.807) is 0 Å². The number of aliphatic imine (C=N–C) groups is 1. The van der Waals surface area contributed by atoms with Crippen LogP contribution in [0.4, 0.5) is 0 Å². The Morgan fingerprint density at radius 3 is 2.60 bits per heavy atom.